The maximum absolute atomic E-state index is 12.7. The average molecular weight is 411 g/mol. The monoisotopic (exact) mass is 410 g/mol. The first-order chi connectivity index (χ1) is 11.7. The van der Waals surface area contributed by atoms with Crippen LogP contribution in [0.5, 0.6) is 0 Å². The predicted octanol–water partition coefficient (Wildman–Crippen LogP) is 2.12. The van der Waals surface area contributed by atoms with Gasteiger partial charge in [-0.15, -0.1) is 0 Å². The largest absolute Gasteiger partial charge is 0.350 e. The van der Waals surface area contributed by atoms with Gasteiger partial charge in [0.2, 0.25) is 11.8 Å². The van der Waals surface area contributed by atoms with Gasteiger partial charge in [-0.25, -0.2) is 10.9 Å². The summed E-state index contributed by atoms with van der Waals surface area (Å²) in [5, 5.41) is 2.90. The van der Waals surface area contributed by atoms with E-state index in [1.165, 1.54) is 0 Å². The van der Waals surface area contributed by atoms with Crippen molar-refractivity contribution >= 4 is 27.7 Å². The third-order valence-corrected chi connectivity index (χ3v) is 4.54. The lowest BCUT2D eigenvalue weighted by Crippen LogP contribution is -2.51. The number of halogens is 1. The van der Waals surface area contributed by atoms with Crippen LogP contribution in [0.1, 0.15) is 45.7 Å². The van der Waals surface area contributed by atoms with Gasteiger partial charge in [-0.2, -0.15) is 0 Å². The quantitative estimate of drug-likeness (QED) is 0.694. The molecule has 1 aliphatic rings. The molecular weight excluding hydrogens is 384 g/mol. The lowest BCUT2D eigenvalue weighted by molar-refractivity contribution is -0.137. The van der Waals surface area contributed by atoms with E-state index in [1.54, 1.807) is 4.90 Å². The summed E-state index contributed by atoms with van der Waals surface area (Å²) in [6.07, 6.45) is 0.651. The molecule has 0 aliphatic carbocycles. The molecule has 0 aromatic heterocycles. The highest BCUT2D eigenvalue weighted by Crippen LogP contribution is 2.24. The van der Waals surface area contributed by atoms with E-state index in [9.17, 15) is 9.59 Å². The number of amides is 2. The molecule has 7 heteroatoms. The number of benzene rings is 1. The number of likely N-dealkylation sites (N-methyl/N-ethyl adjacent to an activating group) is 1. The van der Waals surface area contributed by atoms with Crippen molar-refractivity contribution < 1.29 is 9.59 Å². The molecule has 25 heavy (non-hydrogen) atoms. The van der Waals surface area contributed by atoms with Crippen LogP contribution in [0.2, 0.25) is 0 Å². The Kier molecular flexibility index (Phi) is 6.59. The fourth-order valence-electron chi connectivity index (χ4n) is 2.83. The Morgan fingerprint density at radius 2 is 1.88 bits per heavy atom. The molecule has 2 amide bonds. The van der Waals surface area contributed by atoms with Crippen LogP contribution in [-0.4, -0.2) is 41.4 Å². The standard InChI is InChI=1S/C18H27BrN4O2/c1-5-23(11-16(24)20-18(2,3)4)17(25)15-10-14(21-22-15)12-6-8-13(19)9-7-12/h6-9,14-15,21-22H,5,10-11H2,1-4H3,(H,20,24). The Balaban J connectivity index is 1.94. The first kappa shape index (κ1) is 19.9. The molecular formula is C18H27BrN4O2. The lowest BCUT2D eigenvalue weighted by Gasteiger charge is -2.26. The van der Waals surface area contributed by atoms with Gasteiger partial charge in [0, 0.05) is 22.6 Å². The summed E-state index contributed by atoms with van der Waals surface area (Å²) in [4.78, 5) is 26.5. The molecule has 1 saturated heterocycles. The summed E-state index contributed by atoms with van der Waals surface area (Å²) in [7, 11) is 0. The minimum atomic E-state index is -0.337. The van der Waals surface area contributed by atoms with E-state index in [4.69, 9.17) is 0 Å². The summed E-state index contributed by atoms with van der Waals surface area (Å²) in [5.74, 6) is -0.197. The van der Waals surface area contributed by atoms with Crippen molar-refractivity contribution in [2.24, 2.45) is 0 Å². The number of carbonyl (C=O) groups is 2. The van der Waals surface area contributed by atoms with Crippen molar-refractivity contribution in [2.75, 3.05) is 13.1 Å². The molecule has 0 radical (unpaired) electrons. The Morgan fingerprint density at radius 3 is 2.44 bits per heavy atom. The number of hydrogen-bond donors (Lipinski definition) is 3. The predicted molar refractivity (Wildman–Crippen MR) is 102 cm³/mol. The highest BCUT2D eigenvalue weighted by molar-refractivity contribution is 9.10. The smallest absolute Gasteiger partial charge is 0.241 e. The summed E-state index contributed by atoms with van der Waals surface area (Å²) >= 11 is 3.43. The van der Waals surface area contributed by atoms with Crippen LogP contribution >= 0.6 is 15.9 Å². The Bertz CT molecular complexity index is 612. The molecule has 1 fully saturated rings. The SMILES string of the molecule is CCN(CC(=O)NC(C)(C)C)C(=O)C1CC(c2ccc(Br)cc2)NN1. The number of rotatable bonds is 5. The molecule has 2 atom stereocenters. The van der Waals surface area contributed by atoms with Crippen LogP contribution in [-0.2, 0) is 9.59 Å². The maximum atomic E-state index is 12.7. The van der Waals surface area contributed by atoms with E-state index in [-0.39, 0.29) is 36.0 Å². The van der Waals surface area contributed by atoms with E-state index in [0.29, 0.717) is 13.0 Å². The third-order valence-electron chi connectivity index (χ3n) is 4.02. The highest BCUT2D eigenvalue weighted by Gasteiger charge is 2.33. The Hall–Kier alpha value is -1.44. The van der Waals surface area contributed by atoms with Crippen LogP contribution < -0.4 is 16.2 Å². The summed E-state index contributed by atoms with van der Waals surface area (Å²) in [6.45, 7) is 8.24. The van der Waals surface area contributed by atoms with Gasteiger partial charge in [0.1, 0.15) is 6.04 Å². The zero-order valence-electron chi connectivity index (χ0n) is 15.2. The van der Waals surface area contributed by atoms with Gasteiger partial charge in [-0.1, -0.05) is 28.1 Å². The van der Waals surface area contributed by atoms with Crippen molar-refractivity contribution in [3.8, 4) is 0 Å². The second kappa shape index (κ2) is 8.29. The van der Waals surface area contributed by atoms with E-state index in [2.05, 4.69) is 32.1 Å². The van der Waals surface area contributed by atoms with Crippen LogP contribution in [0.3, 0.4) is 0 Å². The minimum absolute atomic E-state index is 0.0568. The molecule has 6 nitrogen and oxygen atoms in total. The van der Waals surface area contributed by atoms with Gasteiger partial charge in [-0.3, -0.25) is 9.59 Å². The molecule has 1 aromatic carbocycles. The number of nitrogens with zero attached hydrogens (tertiary/aromatic N) is 1. The number of carbonyl (C=O) groups excluding carboxylic acids is 2. The van der Waals surface area contributed by atoms with Gasteiger partial charge in [0.25, 0.3) is 0 Å². The first-order valence-electron chi connectivity index (χ1n) is 8.56. The lowest BCUT2D eigenvalue weighted by atomic mass is 10.0. The van der Waals surface area contributed by atoms with Crippen molar-refractivity contribution in [1.29, 1.82) is 0 Å². The third kappa shape index (κ3) is 5.80. The second-order valence-corrected chi connectivity index (χ2v) is 8.25. The average Bonchev–Trinajstić information content (AvgIpc) is 3.01. The molecule has 1 aliphatic heterocycles. The molecule has 1 heterocycles. The molecule has 0 spiro atoms. The van der Waals surface area contributed by atoms with Crippen molar-refractivity contribution in [3.63, 3.8) is 0 Å². The van der Waals surface area contributed by atoms with Gasteiger partial charge in [0.15, 0.2) is 0 Å². The van der Waals surface area contributed by atoms with E-state index < -0.39 is 0 Å². The van der Waals surface area contributed by atoms with E-state index >= 15 is 0 Å². The minimum Gasteiger partial charge on any atom is -0.350 e. The first-order valence-corrected chi connectivity index (χ1v) is 9.35. The highest BCUT2D eigenvalue weighted by atomic mass is 79.9. The van der Waals surface area contributed by atoms with Crippen molar-refractivity contribution in [1.82, 2.24) is 21.1 Å². The Morgan fingerprint density at radius 1 is 1.24 bits per heavy atom. The van der Waals surface area contributed by atoms with Crippen LogP contribution in [0.15, 0.2) is 28.7 Å². The zero-order chi connectivity index (χ0) is 18.6. The van der Waals surface area contributed by atoms with Crippen LogP contribution in [0.4, 0.5) is 0 Å². The second-order valence-electron chi connectivity index (χ2n) is 7.33. The molecule has 0 saturated carbocycles. The molecule has 2 rings (SSSR count). The maximum Gasteiger partial charge on any atom is 0.241 e. The van der Waals surface area contributed by atoms with E-state index in [0.717, 1.165) is 10.0 Å². The van der Waals surface area contributed by atoms with Gasteiger partial charge >= 0.3 is 0 Å². The van der Waals surface area contributed by atoms with Crippen LogP contribution in [0.25, 0.3) is 0 Å². The zero-order valence-corrected chi connectivity index (χ0v) is 16.8. The number of hydrazine groups is 1. The summed E-state index contributed by atoms with van der Waals surface area (Å²) in [5.41, 5.74) is 7.07. The summed E-state index contributed by atoms with van der Waals surface area (Å²) in [6, 6.07) is 7.78. The molecule has 138 valence electrons. The van der Waals surface area contributed by atoms with Gasteiger partial charge < -0.3 is 10.2 Å². The molecule has 1 aromatic rings. The van der Waals surface area contributed by atoms with Gasteiger partial charge in [-0.05, 0) is 51.8 Å². The molecule has 2 unspecified atom stereocenters. The summed E-state index contributed by atoms with van der Waals surface area (Å²) < 4.78 is 1.02. The van der Waals surface area contributed by atoms with E-state index in [1.807, 2.05) is 52.0 Å². The molecule has 0 bridgehead atoms. The normalized spacial score (nSPS) is 20.4. The number of nitrogens with one attached hydrogen (secondary N) is 3. The fourth-order valence-corrected chi connectivity index (χ4v) is 3.09. The Labute approximate surface area is 157 Å². The van der Waals surface area contributed by atoms with Gasteiger partial charge in [0.05, 0.1) is 6.54 Å². The number of hydrogen-bond acceptors (Lipinski definition) is 4. The van der Waals surface area contributed by atoms with Crippen LogP contribution in [0, 0.1) is 0 Å². The topological polar surface area (TPSA) is 73.5 Å². The van der Waals surface area contributed by atoms with Crippen molar-refractivity contribution in [3.05, 3.63) is 34.3 Å². The molecule has 3 N–H and O–H groups in total. The fraction of sp³-hybridized carbons (Fsp3) is 0.556. The van der Waals surface area contributed by atoms with Crippen molar-refractivity contribution in [2.45, 2.75) is 51.7 Å².